The van der Waals surface area contributed by atoms with E-state index in [2.05, 4.69) is 95.9 Å². The van der Waals surface area contributed by atoms with Gasteiger partial charge in [0.15, 0.2) is 5.11 Å². The van der Waals surface area contributed by atoms with Crippen LogP contribution in [-0.2, 0) is 0 Å². The lowest BCUT2D eigenvalue weighted by Gasteiger charge is -2.29. The zero-order valence-electron chi connectivity index (χ0n) is 19.0. The number of benzene rings is 1. The van der Waals surface area contributed by atoms with Crippen LogP contribution in [0.25, 0.3) is 5.69 Å². The zero-order chi connectivity index (χ0) is 22.1. The highest BCUT2D eigenvalue weighted by molar-refractivity contribution is 7.80. The zero-order valence-corrected chi connectivity index (χ0v) is 19.8. The van der Waals surface area contributed by atoms with E-state index in [-0.39, 0.29) is 12.1 Å². The number of aromatic nitrogens is 2. The Labute approximate surface area is 190 Å². The highest BCUT2D eigenvalue weighted by atomic mass is 32.1. The van der Waals surface area contributed by atoms with Gasteiger partial charge in [0.2, 0.25) is 0 Å². The second-order valence-electron chi connectivity index (χ2n) is 8.57. The van der Waals surface area contributed by atoms with Gasteiger partial charge >= 0.3 is 0 Å². The van der Waals surface area contributed by atoms with Crippen LogP contribution in [0, 0.1) is 20.8 Å². The Morgan fingerprint density at radius 1 is 1.06 bits per heavy atom. The second-order valence-corrected chi connectivity index (χ2v) is 8.96. The predicted molar refractivity (Wildman–Crippen MR) is 131 cm³/mol. The third-order valence-electron chi connectivity index (χ3n) is 6.13. The Hall–Kier alpha value is -2.70. The first kappa shape index (κ1) is 21.5. The first-order chi connectivity index (χ1) is 14.9. The Bertz CT molecular complexity index is 1070. The third-order valence-corrected chi connectivity index (χ3v) is 6.48. The fourth-order valence-corrected chi connectivity index (χ4v) is 4.90. The van der Waals surface area contributed by atoms with Gasteiger partial charge in [0.25, 0.3) is 0 Å². The summed E-state index contributed by atoms with van der Waals surface area (Å²) in [7, 11) is 4.20. The van der Waals surface area contributed by atoms with Gasteiger partial charge in [-0.2, -0.15) is 0 Å². The van der Waals surface area contributed by atoms with Crippen molar-refractivity contribution >= 4 is 17.3 Å². The molecule has 0 amide bonds. The molecule has 0 bridgehead atoms. The molecule has 0 saturated carbocycles. The quantitative estimate of drug-likeness (QED) is 0.586. The molecule has 162 valence electrons. The minimum atomic E-state index is 0.0154. The highest BCUT2D eigenvalue weighted by Gasteiger charge is 2.41. The van der Waals surface area contributed by atoms with Gasteiger partial charge in [-0.1, -0.05) is 24.3 Å². The number of aryl methyl sites for hydroxylation is 2. The molecule has 2 unspecified atom stereocenters. The summed E-state index contributed by atoms with van der Waals surface area (Å²) < 4.78 is 2.37. The van der Waals surface area contributed by atoms with E-state index in [1.165, 1.54) is 28.2 Å². The molecule has 3 heterocycles. The van der Waals surface area contributed by atoms with Gasteiger partial charge in [-0.15, -0.1) is 0 Å². The fourth-order valence-electron chi connectivity index (χ4n) is 4.56. The number of nitrogens with zero attached hydrogens (tertiary/aromatic N) is 4. The van der Waals surface area contributed by atoms with E-state index in [1.807, 2.05) is 18.3 Å². The van der Waals surface area contributed by atoms with Crippen LogP contribution in [-0.4, -0.2) is 51.6 Å². The van der Waals surface area contributed by atoms with Crippen LogP contribution in [0.1, 0.15) is 40.3 Å². The number of hydrogen-bond acceptors (Lipinski definition) is 3. The Balaban J connectivity index is 1.82. The van der Waals surface area contributed by atoms with Crippen molar-refractivity contribution in [3.63, 3.8) is 0 Å². The van der Waals surface area contributed by atoms with Crippen molar-refractivity contribution in [3.05, 3.63) is 82.9 Å². The van der Waals surface area contributed by atoms with E-state index < -0.39 is 0 Å². The lowest BCUT2D eigenvalue weighted by molar-refractivity contribution is 0.277. The first-order valence-electron chi connectivity index (χ1n) is 10.8. The predicted octanol–water partition coefficient (Wildman–Crippen LogP) is 4.33. The number of rotatable bonds is 6. The molecule has 1 aliphatic rings. The summed E-state index contributed by atoms with van der Waals surface area (Å²) in [6.45, 7) is 8.37. The summed E-state index contributed by atoms with van der Waals surface area (Å²) in [5.74, 6) is 0. The summed E-state index contributed by atoms with van der Waals surface area (Å²) in [5, 5.41) is 4.36. The smallest absolute Gasteiger partial charge is 0.170 e. The molecule has 2 aromatic heterocycles. The summed E-state index contributed by atoms with van der Waals surface area (Å²) in [6.07, 6.45) is 1.86. The van der Waals surface area contributed by atoms with Gasteiger partial charge < -0.3 is 19.7 Å². The number of para-hydroxylation sites is 1. The minimum Gasteiger partial charge on any atom is -0.352 e. The molecule has 1 saturated heterocycles. The van der Waals surface area contributed by atoms with Crippen molar-refractivity contribution in [1.82, 2.24) is 24.7 Å². The topological polar surface area (TPSA) is 36.3 Å². The number of pyridine rings is 1. The molecule has 1 aliphatic heterocycles. The molecule has 1 fully saturated rings. The molecule has 4 rings (SSSR count). The van der Waals surface area contributed by atoms with Crippen molar-refractivity contribution in [2.75, 3.05) is 27.2 Å². The largest absolute Gasteiger partial charge is 0.352 e. The number of hydrogen-bond donors (Lipinski definition) is 1. The van der Waals surface area contributed by atoms with E-state index in [1.54, 1.807) is 0 Å². The van der Waals surface area contributed by atoms with Crippen molar-refractivity contribution in [2.45, 2.75) is 32.9 Å². The van der Waals surface area contributed by atoms with Gasteiger partial charge in [-0.3, -0.25) is 4.98 Å². The average Bonchev–Trinajstić information content (AvgIpc) is 3.23. The van der Waals surface area contributed by atoms with Gasteiger partial charge in [0.05, 0.1) is 17.8 Å². The Kier molecular flexibility index (Phi) is 6.12. The average molecular weight is 434 g/mol. The molecule has 0 radical (unpaired) electrons. The number of nitrogens with one attached hydrogen (secondary N) is 1. The van der Waals surface area contributed by atoms with Gasteiger partial charge in [0.1, 0.15) is 0 Å². The van der Waals surface area contributed by atoms with Crippen molar-refractivity contribution in [2.24, 2.45) is 0 Å². The fraction of sp³-hybridized carbons (Fsp3) is 0.360. The molecule has 0 aliphatic carbocycles. The van der Waals surface area contributed by atoms with E-state index in [0.717, 1.165) is 23.9 Å². The van der Waals surface area contributed by atoms with Crippen LogP contribution < -0.4 is 5.32 Å². The molecular weight excluding hydrogens is 402 g/mol. The first-order valence-corrected chi connectivity index (χ1v) is 11.2. The lowest BCUT2D eigenvalue weighted by Crippen LogP contribution is -2.35. The van der Waals surface area contributed by atoms with E-state index in [9.17, 15) is 0 Å². The van der Waals surface area contributed by atoms with Crippen molar-refractivity contribution < 1.29 is 0 Å². The molecule has 1 aromatic carbocycles. The second kappa shape index (κ2) is 8.81. The van der Waals surface area contributed by atoms with E-state index in [4.69, 9.17) is 12.2 Å². The molecule has 0 spiro atoms. The SMILES string of the molecule is Cc1ccccc1-n1c(C)cc(C2C(c3ccccn3)NC(=S)N2CCN(C)C)c1C. The third kappa shape index (κ3) is 4.10. The molecule has 1 N–H and O–H groups in total. The number of likely N-dealkylation sites (N-methyl/N-ethyl adjacent to an activating group) is 1. The summed E-state index contributed by atoms with van der Waals surface area (Å²) in [5.41, 5.74) is 7.28. The van der Waals surface area contributed by atoms with Crippen LogP contribution in [0.2, 0.25) is 0 Å². The molecule has 6 heteroatoms. The molecule has 2 atom stereocenters. The van der Waals surface area contributed by atoms with Crippen LogP contribution in [0.15, 0.2) is 54.7 Å². The Morgan fingerprint density at radius 2 is 1.81 bits per heavy atom. The Morgan fingerprint density at radius 3 is 2.48 bits per heavy atom. The summed E-state index contributed by atoms with van der Waals surface area (Å²) >= 11 is 5.81. The van der Waals surface area contributed by atoms with E-state index >= 15 is 0 Å². The molecule has 31 heavy (non-hydrogen) atoms. The monoisotopic (exact) mass is 433 g/mol. The maximum atomic E-state index is 5.81. The molecular formula is C25H31N5S. The summed E-state index contributed by atoms with van der Waals surface area (Å²) in [6, 6.07) is 17.1. The van der Waals surface area contributed by atoms with Crippen molar-refractivity contribution in [1.29, 1.82) is 0 Å². The maximum Gasteiger partial charge on any atom is 0.170 e. The molecule has 3 aromatic rings. The molecule has 5 nitrogen and oxygen atoms in total. The normalized spacial score (nSPS) is 18.6. The van der Waals surface area contributed by atoms with Crippen LogP contribution in [0.3, 0.4) is 0 Å². The van der Waals surface area contributed by atoms with Crippen LogP contribution in [0.5, 0.6) is 0 Å². The maximum absolute atomic E-state index is 5.81. The van der Waals surface area contributed by atoms with Gasteiger partial charge in [-0.05, 0) is 82.5 Å². The number of thiocarbonyl (C=S) groups is 1. The van der Waals surface area contributed by atoms with Gasteiger partial charge in [0, 0.05) is 36.4 Å². The van der Waals surface area contributed by atoms with Crippen LogP contribution in [0.4, 0.5) is 0 Å². The summed E-state index contributed by atoms with van der Waals surface area (Å²) in [4.78, 5) is 9.20. The lowest BCUT2D eigenvalue weighted by atomic mass is 9.96. The van der Waals surface area contributed by atoms with Gasteiger partial charge in [-0.25, -0.2) is 0 Å². The highest BCUT2D eigenvalue weighted by Crippen LogP contribution is 2.41. The standard InChI is InChI=1S/C25H31N5S/c1-17-10-6-7-12-22(17)30-18(2)16-20(19(30)3)24-23(21-11-8-9-13-26-21)27-25(31)29(24)15-14-28(4)5/h6-13,16,23-24H,14-15H2,1-5H3,(H,27,31). The minimum absolute atomic E-state index is 0.0154. The van der Waals surface area contributed by atoms with E-state index in [0.29, 0.717) is 0 Å². The van der Waals surface area contributed by atoms with Crippen LogP contribution >= 0.6 is 12.2 Å². The van der Waals surface area contributed by atoms with Crippen molar-refractivity contribution in [3.8, 4) is 5.69 Å².